The van der Waals surface area contributed by atoms with Crippen LogP contribution in [-0.2, 0) is 11.3 Å². The molecule has 0 bridgehead atoms. The molecule has 0 unspecified atom stereocenters. The second-order valence-electron chi connectivity index (χ2n) is 4.50. The van der Waals surface area contributed by atoms with Gasteiger partial charge in [-0.05, 0) is 38.0 Å². The number of hydrogen-bond donors (Lipinski definition) is 2. The Balaban J connectivity index is 2.37. The third-order valence-corrected chi connectivity index (χ3v) is 2.75. The molecule has 90 valence electrons. The standard InChI is InChI=1S/C13H21NO2/c1-13(2,16-3)8-9-14-12-6-4-11(10-15)5-7-12/h4-7,14-15H,8-10H2,1-3H3. The number of rotatable bonds is 6. The van der Waals surface area contributed by atoms with Crippen LogP contribution in [0, 0.1) is 0 Å². The van der Waals surface area contributed by atoms with Gasteiger partial charge in [0.1, 0.15) is 0 Å². The molecule has 1 rings (SSSR count). The molecule has 2 N–H and O–H groups in total. The highest BCUT2D eigenvalue weighted by Crippen LogP contribution is 2.14. The van der Waals surface area contributed by atoms with Gasteiger partial charge in [0.25, 0.3) is 0 Å². The highest BCUT2D eigenvalue weighted by Gasteiger charge is 2.14. The highest BCUT2D eigenvalue weighted by molar-refractivity contribution is 5.44. The van der Waals surface area contributed by atoms with E-state index < -0.39 is 0 Å². The molecule has 0 amide bonds. The van der Waals surface area contributed by atoms with E-state index in [1.54, 1.807) is 7.11 Å². The van der Waals surface area contributed by atoms with Gasteiger partial charge in [-0.1, -0.05) is 12.1 Å². The first-order valence-electron chi connectivity index (χ1n) is 5.56. The smallest absolute Gasteiger partial charge is 0.0681 e. The van der Waals surface area contributed by atoms with Gasteiger partial charge in [0.2, 0.25) is 0 Å². The van der Waals surface area contributed by atoms with Gasteiger partial charge >= 0.3 is 0 Å². The third kappa shape index (κ3) is 4.21. The van der Waals surface area contributed by atoms with Crippen molar-refractivity contribution in [3.63, 3.8) is 0 Å². The molecule has 16 heavy (non-hydrogen) atoms. The first-order chi connectivity index (χ1) is 7.57. The SMILES string of the molecule is COC(C)(C)CCNc1ccc(CO)cc1. The molecule has 3 heteroatoms. The number of hydrogen-bond acceptors (Lipinski definition) is 3. The minimum Gasteiger partial charge on any atom is -0.392 e. The van der Waals surface area contributed by atoms with E-state index in [1.807, 2.05) is 24.3 Å². The van der Waals surface area contributed by atoms with Crippen molar-refractivity contribution in [1.29, 1.82) is 0 Å². The Bertz CT molecular complexity index is 306. The average molecular weight is 223 g/mol. The summed E-state index contributed by atoms with van der Waals surface area (Å²) in [6, 6.07) is 7.80. The summed E-state index contributed by atoms with van der Waals surface area (Å²) < 4.78 is 5.34. The second kappa shape index (κ2) is 5.87. The molecule has 0 aliphatic heterocycles. The van der Waals surface area contributed by atoms with Gasteiger partial charge in [-0.3, -0.25) is 0 Å². The second-order valence-corrected chi connectivity index (χ2v) is 4.50. The Morgan fingerprint density at radius 2 is 1.88 bits per heavy atom. The fourth-order valence-electron chi connectivity index (χ4n) is 1.34. The Morgan fingerprint density at radius 3 is 2.38 bits per heavy atom. The van der Waals surface area contributed by atoms with Crippen molar-refractivity contribution < 1.29 is 9.84 Å². The quantitative estimate of drug-likeness (QED) is 0.778. The van der Waals surface area contributed by atoms with Gasteiger partial charge in [0.15, 0.2) is 0 Å². The summed E-state index contributed by atoms with van der Waals surface area (Å²) in [7, 11) is 1.73. The molecular weight excluding hydrogens is 202 g/mol. The van der Waals surface area contributed by atoms with Crippen LogP contribution in [0.15, 0.2) is 24.3 Å². The van der Waals surface area contributed by atoms with Crippen LogP contribution in [0.5, 0.6) is 0 Å². The monoisotopic (exact) mass is 223 g/mol. The van der Waals surface area contributed by atoms with Crippen LogP contribution < -0.4 is 5.32 Å². The zero-order chi connectivity index (χ0) is 12.0. The predicted molar refractivity (Wildman–Crippen MR) is 66.6 cm³/mol. The molecule has 0 aromatic heterocycles. The summed E-state index contributed by atoms with van der Waals surface area (Å²) >= 11 is 0. The van der Waals surface area contributed by atoms with Crippen molar-refractivity contribution >= 4 is 5.69 Å². The maximum atomic E-state index is 8.91. The lowest BCUT2D eigenvalue weighted by molar-refractivity contribution is 0.0185. The van der Waals surface area contributed by atoms with Gasteiger partial charge in [-0.15, -0.1) is 0 Å². The first-order valence-corrected chi connectivity index (χ1v) is 5.56. The summed E-state index contributed by atoms with van der Waals surface area (Å²) in [5.41, 5.74) is 1.92. The van der Waals surface area contributed by atoms with Gasteiger partial charge in [-0.2, -0.15) is 0 Å². The molecule has 0 atom stereocenters. The fourth-order valence-corrected chi connectivity index (χ4v) is 1.34. The average Bonchev–Trinajstić information content (AvgIpc) is 2.30. The van der Waals surface area contributed by atoms with Crippen molar-refractivity contribution in [2.24, 2.45) is 0 Å². The molecular formula is C13H21NO2. The van der Waals surface area contributed by atoms with Crippen molar-refractivity contribution in [3.8, 4) is 0 Å². The van der Waals surface area contributed by atoms with Crippen LogP contribution in [0.1, 0.15) is 25.8 Å². The van der Waals surface area contributed by atoms with Crippen LogP contribution in [0.3, 0.4) is 0 Å². The minimum absolute atomic E-state index is 0.0853. The molecule has 0 saturated carbocycles. The van der Waals surface area contributed by atoms with Crippen LogP contribution in [0.4, 0.5) is 5.69 Å². The van der Waals surface area contributed by atoms with Crippen LogP contribution >= 0.6 is 0 Å². The fraction of sp³-hybridized carbons (Fsp3) is 0.538. The van der Waals surface area contributed by atoms with E-state index in [4.69, 9.17) is 9.84 Å². The molecule has 0 aliphatic rings. The lowest BCUT2D eigenvalue weighted by Crippen LogP contribution is -2.25. The summed E-state index contributed by atoms with van der Waals surface area (Å²) in [5.74, 6) is 0. The summed E-state index contributed by atoms with van der Waals surface area (Å²) in [6.07, 6.45) is 0.950. The van der Waals surface area contributed by atoms with Crippen LogP contribution in [0.2, 0.25) is 0 Å². The van der Waals surface area contributed by atoms with E-state index >= 15 is 0 Å². The molecule has 0 saturated heterocycles. The molecule has 0 aliphatic carbocycles. The Labute approximate surface area is 97.4 Å². The van der Waals surface area contributed by atoms with Gasteiger partial charge in [-0.25, -0.2) is 0 Å². The molecule has 0 fully saturated rings. The largest absolute Gasteiger partial charge is 0.392 e. The normalized spacial score (nSPS) is 11.5. The minimum atomic E-state index is -0.0853. The number of aliphatic hydroxyl groups is 1. The van der Waals surface area contributed by atoms with Crippen LogP contribution in [-0.4, -0.2) is 24.4 Å². The number of ether oxygens (including phenoxy) is 1. The number of nitrogens with one attached hydrogen (secondary N) is 1. The Hall–Kier alpha value is -1.06. The van der Waals surface area contributed by atoms with Crippen molar-refractivity contribution in [3.05, 3.63) is 29.8 Å². The molecule has 0 heterocycles. The van der Waals surface area contributed by atoms with Crippen molar-refractivity contribution in [2.75, 3.05) is 19.0 Å². The Morgan fingerprint density at radius 1 is 1.25 bits per heavy atom. The predicted octanol–water partition coefficient (Wildman–Crippen LogP) is 2.41. The van der Waals surface area contributed by atoms with Gasteiger partial charge < -0.3 is 15.2 Å². The zero-order valence-electron chi connectivity index (χ0n) is 10.3. The van der Waals surface area contributed by atoms with Crippen molar-refractivity contribution in [2.45, 2.75) is 32.5 Å². The van der Waals surface area contributed by atoms with Gasteiger partial charge in [0.05, 0.1) is 12.2 Å². The van der Waals surface area contributed by atoms with Gasteiger partial charge in [0, 0.05) is 19.3 Å². The molecule has 3 nitrogen and oxygen atoms in total. The highest BCUT2D eigenvalue weighted by atomic mass is 16.5. The zero-order valence-corrected chi connectivity index (χ0v) is 10.3. The van der Waals surface area contributed by atoms with E-state index in [0.717, 1.165) is 24.2 Å². The summed E-state index contributed by atoms with van der Waals surface area (Å²) in [4.78, 5) is 0. The molecule has 1 aromatic rings. The van der Waals surface area contributed by atoms with Crippen molar-refractivity contribution in [1.82, 2.24) is 0 Å². The maximum absolute atomic E-state index is 8.91. The first kappa shape index (κ1) is 13.0. The maximum Gasteiger partial charge on any atom is 0.0681 e. The van der Waals surface area contributed by atoms with E-state index in [2.05, 4.69) is 19.2 Å². The summed E-state index contributed by atoms with van der Waals surface area (Å²) in [5, 5.41) is 12.2. The van der Waals surface area contributed by atoms with E-state index in [9.17, 15) is 0 Å². The molecule has 0 spiro atoms. The molecule has 0 radical (unpaired) electrons. The topological polar surface area (TPSA) is 41.5 Å². The third-order valence-electron chi connectivity index (χ3n) is 2.75. The molecule has 1 aromatic carbocycles. The Kier molecular flexibility index (Phi) is 4.77. The number of anilines is 1. The van der Waals surface area contributed by atoms with Crippen LogP contribution in [0.25, 0.3) is 0 Å². The van der Waals surface area contributed by atoms with E-state index in [-0.39, 0.29) is 12.2 Å². The number of aliphatic hydroxyl groups excluding tert-OH is 1. The van der Waals surface area contributed by atoms with E-state index in [0.29, 0.717) is 0 Å². The lowest BCUT2D eigenvalue weighted by Gasteiger charge is -2.23. The summed E-state index contributed by atoms with van der Waals surface area (Å²) in [6.45, 7) is 5.11. The number of benzene rings is 1. The van der Waals surface area contributed by atoms with E-state index in [1.165, 1.54) is 0 Å². The lowest BCUT2D eigenvalue weighted by atomic mass is 10.1. The number of methoxy groups -OCH3 is 1.